The Morgan fingerprint density at radius 1 is 1.13 bits per heavy atom. The summed E-state index contributed by atoms with van der Waals surface area (Å²) in [7, 11) is 0. The number of nitrogens with two attached hydrogens (primary N) is 1. The van der Waals surface area contributed by atoms with Gasteiger partial charge in [0.15, 0.2) is 0 Å². The van der Waals surface area contributed by atoms with Crippen LogP contribution in [0.2, 0.25) is 0 Å². The Morgan fingerprint density at radius 3 is 2.80 bits per heavy atom. The van der Waals surface area contributed by atoms with Crippen molar-refractivity contribution in [1.82, 2.24) is 9.78 Å². The molecule has 0 bridgehead atoms. The van der Waals surface area contributed by atoms with Gasteiger partial charge in [-0.25, -0.2) is 0 Å². The van der Waals surface area contributed by atoms with E-state index in [-0.39, 0.29) is 5.60 Å². The van der Waals surface area contributed by atoms with E-state index in [1.165, 1.54) is 27.9 Å². The van der Waals surface area contributed by atoms with Crippen LogP contribution in [-0.4, -0.2) is 21.9 Å². The molecule has 0 radical (unpaired) electrons. The van der Waals surface area contributed by atoms with E-state index in [4.69, 9.17) is 15.6 Å². The Morgan fingerprint density at radius 2 is 1.97 bits per heavy atom. The first-order chi connectivity index (χ1) is 14.4. The number of anilines is 2. The molecule has 5 rings (SSSR count). The van der Waals surface area contributed by atoms with Crippen LogP contribution in [0.3, 0.4) is 0 Å². The van der Waals surface area contributed by atoms with Crippen LogP contribution in [0.5, 0.6) is 5.75 Å². The van der Waals surface area contributed by atoms with Crippen LogP contribution in [0.15, 0.2) is 30.5 Å². The minimum atomic E-state index is -0.299. The number of aromatic nitrogens is 2. The fraction of sp³-hybridized carbons (Fsp3) is 0.400. The van der Waals surface area contributed by atoms with Gasteiger partial charge in [-0.05, 0) is 80.8 Å². The van der Waals surface area contributed by atoms with Gasteiger partial charge in [0.05, 0.1) is 12.2 Å². The molecule has 1 aromatic heterocycles. The molecule has 1 atom stereocenters. The summed E-state index contributed by atoms with van der Waals surface area (Å²) in [5, 5.41) is 8.42. The number of nitrogen functional groups attached to an aromatic ring is 1. The third-order valence-electron chi connectivity index (χ3n) is 6.95. The summed E-state index contributed by atoms with van der Waals surface area (Å²) in [5.74, 6) is 1.02. The number of ether oxygens (including phenoxy) is 1. The van der Waals surface area contributed by atoms with Gasteiger partial charge in [-0.1, -0.05) is 18.2 Å². The lowest BCUT2D eigenvalue weighted by Crippen LogP contribution is -2.41. The smallest absolute Gasteiger partial charge is 0.127 e. The fourth-order valence-corrected chi connectivity index (χ4v) is 4.94. The third-order valence-corrected chi connectivity index (χ3v) is 6.95. The molecule has 3 N–H and O–H groups in total. The van der Waals surface area contributed by atoms with Crippen molar-refractivity contribution in [3.05, 3.63) is 58.3 Å². The standard InChI is InChI=1S/C25H30N4O/c1-15-16(2)24-19(17(3)22(15)26)8-11-25(4,30-24)14-29-13-10-21(28-29)20-7-5-6-18-9-12-27-23(18)20/h5-7,10,13,27H,8-9,11-12,14,26H2,1-4H3/t25-/m1/s1. The van der Waals surface area contributed by atoms with E-state index in [1.807, 2.05) is 4.68 Å². The lowest BCUT2D eigenvalue weighted by Gasteiger charge is -2.38. The lowest BCUT2D eigenvalue weighted by molar-refractivity contribution is 0.0430. The molecule has 0 unspecified atom stereocenters. The Bertz CT molecular complexity index is 1150. The largest absolute Gasteiger partial charge is 0.485 e. The molecule has 3 aromatic rings. The van der Waals surface area contributed by atoms with Crippen molar-refractivity contribution in [2.45, 2.75) is 59.1 Å². The van der Waals surface area contributed by atoms with Crippen molar-refractivity contribution < 1.29 is 4.74 Å². The van der Waals surface area contributed by atoms with E-state index in [1.54, 1.807) is 0 Å². The van der Waals surface area contributed by atoms with Crippen molar-refractivity contribution >= 4 is 11.4 Å². The summed E-state index contributed by atoms with van der Waals surface area (Å²) in [6.45, 7) is 10.2. The highest BCUT2D eigenvalue weighted by Gasteiger charge is 2.35. The molecule has 0 saturated carbocycles. The zero-order valence-electron chi connectivity index (χ0n) is 18.3. The molecule has 30 heavy (non-hydrogen) atoms. The molecule has 0 fully saturated rings. The molecule has 156 valence electrons. The van der Waals surface area contributed by atoms with Crippen molar-refractivity contribution in [2.24, 2.45) is 0 Å². The maximum absolute atomic E-state index is 6.63. The molecule has 0 saturated heterocycles. The zero-order valence-corrected chi connectivity index (χ0v) is 18.3. The number of nitrogens with one attached hydrogen (secondary N) is 1. The van der Waals surface area contributed by atoms with Gasteiger partial charge in [-0.3, -0.25) is 4.68 Å². The Labute approximate surface area is 178 Å². The lowest BCUT2D eigenvalue weighted by atomic mass is 9.87. The van der Waals surface area contributed by atoms with Gasteiger partial charge >= 0.3 is 0 Å². The third kappa shape index (κ3) is 2.95. The fourth-order valence-electron chi connectivity index (χ4n) is 4.94. The topological polar surface area (TPSA) is 65.1 Å². The highest BCUT2D eigenvalue weighted by molar-refractivity contribution is 5.79. The van der Waals surface area contributed by atoms with Crippen molar-refractivity contribution in [3.8, 4) is 17.0 Å². The predicted octanol–water partition coefficient (Wildman–Crippen LogP) is 4.81. The van der Waals surface area contributed by atoms with E-state index < -0.39 is 0 Å². The molecule has 2 aliphatic heterocycles. The first-order valence-corrected chi connectivity index (χ1v) is 10.8. The summed E-state index contributed by atoms with van der Waals surface area (Å²) in [6, 6.07) is 8.58. The quantitative estimate of drug-likeness (QED) is 0.617. The summed E-state index contributed by atoms with van der Waals surface area (Å²) < 4.78 is 8.66. The second kappa shape index (κ2) is 6.79. The molecule has 2 aromatic carbocycles. The van der Waals surface area contributed by atoms with Crippen LogP contribution in [-0.2, 0) is 19.4 Å². The van der Waals surface area contributed by atoms with Gasteiger partial charge in [0.25, 0.3) is 0 Å². The van der Waals surface area contributed by atoms with Crippen molar-refractivity contribution in [3.63, 3.8) is 0 Å². The number of hydrogen-bond donors (Lipinski definition) is 2. The molecular formula is C25H30N4O. The highest BCUT2D eigenvalue weighted by Crippen LogP contribution is 2.42. The van der Waals surface area contributed by atoms with Crippen LogP contribution in [0.4, 0.5) is 11.4 Å². The molecule has 3 heterocycles. The van der Waals surface area contributed by atoms with E-state index in [9.17, 15) is 0 Å². The normalized spacial score (nSPS) is 19.7. The number of para-hydroxylation sites is 1. The van der Waals surface area contributed by atoms with E-state index in [2.05, 4.69) is 63.5 Å². The molecule has 0 amide bonds. The second-order valence-electron chi connectivity index (χ2n) is 9.06. The highest BCUT2D eigenvalue weighted by atomic mass is 16.5. The van der Waals surface area contributed by atoms with Gasteiger partial charge in [-0.2, -0.15) is 5.10 Å². The van der Waals surface area contributed by atoms with Crippen molar-refractivity contribution in [1.29, 1.82) is 0 Å². The summed E-state index contributed by atoms with van der Waals surface area (Å²) in [4.78, 5) is 0. The molecule has 2 aliphatic rings. The van der Waals surface area contributed by atoms with Crippen LogP contribution in [0.1, 0.15) is 41.2 Å². The molecule has 0 aliphatic carbocycles. The second-order valence-corrected chi connectivity index (χ2v) is 9.06. The van der Waals surface area contributed by atoms with E-state index in [0.717, 1.165) is 60.6 Å². The van der Waals surface area contributed by atoms with Crippen molar-refractivity contribution in [2.75, 3.05) is 17.6 Å². The minimum Gasteiger partial charge on any atom is -0.485 e. The van der Waals surface area contributed by atoms with Gasteiger partial charge < -0.3 is 15.8 Å². The first-order valence-electron chi connectivity index (χ1n) is 10.8. The predicted molar refractivity (Wildman–Crippen MR) is 122 cm³/mol. The maximum Gasteiger partial charge on any atom is 0.127 e. The van der Waals surface area contributed by atoms with Gasteiger partial charge in [0.2, 0.25) is 0 Å². The average molecular weight is 403 g/mol. The molecule has 0 spiro atoms. The zero-order chi connectivity index (χ0) is 21.0. The van der Waals surface area contributed by atoms with Gasteiger partial charge in [0, 0.05) is 29.7 Å². The van der Waals surface area contributed by atoms with Crippen LogP contribution in [0.25, 0.3) is 11.3 Å². The number of hydrogen-bond acceptors (Lipinski definition) is 4. The van der Waals surface area contributed by atoms with Gasteiger partial charge in [0.1, 0.15) is 11.4 Å². The molecular weight excluding hydrogens is 372 g/mol. The number of rotatable bonds is 3. The molecule has 5 heteroatoms. The summed E-state index contributed by atoms with van der Waals surface area (Å²) in [5.41, 5.74) is 16.4. The number of fused-ring (bicyclic) bond motifs is 2. The van der Waals surface area contributed by atoms with Crippen LogP contribution < -0.4 is 15.8 Å². The van der Waals surface area contributed by atoms with Crippen LogP contribution >= 0.6 is 0 Å². The minimum absolute atomic E-state index is 0.299. The van der Waals surface area contributed by atoms with Gasteiger partial charge in [-0.15, -0.1) is 0 Å². The van der Waals surface area contributed by atoms with Crippen LogP contribution in [0, 0.1) is 20.8 Å². The number of nitrogens with zero attached hydrogens (tertiary/aromatic N) is 2. The Hall–Kier alpha value is -2.95. The summed E-state index contributed by atoms with van der Waals surface area (Å²) in [6.07, 6.45) is 5.07. The van der Waals surface area contributed by atoms with E-state index in [0.29, 0.717) is 0 Å². The SMILES string of the molecule is Cc1c(C)c2c(c(C)c1N)CC[C@](C)(Cn1ccc(-c3cccc4c3NCC4)n1)O2. The first kappa shape index (κ1) is 19.0. The monoisotopic (exact) mass is 402 g/mol. The van der Waals surface area contributed by atoms with E-state index >= 15 is 0 Å². The Kier molecular flexibility index (Phi) is 4.31. The summed E-state index contributed by atoms with van der Waals surface area (Å²) >= 11 is 0. The molecule has 5 nitrogen and oxygen atoms in total. The Balaban J connectivity index is 1.42. The maximum atomic E-state index is 6.63. The average Bonchev–Trinajstić information content (AvgIpc) is 3.39. The number of benzene rings is 2.